The van der Waals surface area contributed by atoms with E-state index < -0.39 is 29.9 Å². The van der Waals surface area contributed by atoms with Gasteiger partial charge in [-0.1, -0.05) is 11.8 Å². The smallest absolute Gasteiger partial charge is 0.275 e. The number of hydrogen-bond acceptors (Lipinski definition) is 5. The molecule has 122 valence electrons. The van der Waals surface area contributed by atoms with Crippen LogP contribution in [0.5, 0.6) is 0 Å². The Morgan fingerprint density at radius 2 is 1.74 bits per heavy atom. The summed E-state index contributed by atoms with van der Waals surface area (Å²) in [5.74, 6) is 2.77. The fourth-order valence-electron chi connectivity index (χ4n) is 1.57. The average Bonchev–Trinajstić information content (AvgIpc) is 2.56. The van der Waals surface area contributed by atoms with Gasteiger partial charge in [0.15, 0.2) is 6.04 Å². The zero-order valence-electron chi connectivity index (χ0n) is 12.6. The molecule has 8 heteroatoms. The largest absolute Gasteiger partial charge is 0.381 e. The first-order chi connectivity index (χ1) is 10.9. The lowest BCUT2D eigenvalue weighted by Gasteiger charge is -2.15. The van der Waals surface area contributed by atoms with Gasteiger partial charge in [0.25, 0.3) is 17.7 Å². The van der Waals surface area contributed by atoms with Crippen molar-refractivity contribution in [3.63, 3.8) is 0 Å². The van der Waals surface area contributed by atoms with E-state index >= 15 is 0 Å². The number of aliphatic hydroxyl groups is 1. The maximum Gasteiger partial charge on any atom is 0.275 e. The first kappa shape index (κ1) is 18.2. The quantitative estimate of drug-likeness (QED) is 0.205. The van der Waals surface area contributed by atoms with Crippen molar-refractivity contribution in [1.82, 2.24) is 16.1 Å². The minimum Gasteiger partial charge on any atom is -0.381 e. The third-order valence-corrected chi connectivity index (χ3v) is 2.73. The molecule has 0 radical (unpaired) electrons. The predicted octanol–water partition coefficient (Wildman–Crippen LogP) is -1.23. The van der Waals surface area contributed by atoms with Crippen molar-refractivity contribution >= 4 is 17.7 Å². The zero-order valence-corrected chi connectivity index (χ0v) is 12.6. The average molecular weight is 319 g/mol. The van der Waals surface area contributed by atoms with Crippen molar-refractivity contribution in [1.29, 1.82) is 0 Å². The minimum absolute atomic E-state index is 0.201. The van der Waals surface area contributed by atoms with Crippen LogP contribution in [0, 0.1) is 11.8 Å². The highest BCUT2D eigenvalue weighted by molar-refractivity contribution is 6.08. The van der Waals surface area contributed by atoms with Crippen LogP contribution in [-0.2, 0) is 9.59 Å². The Hall–Kier alpha value is -2.89. The molecule has 0 aromatic heterocycles. The molecule has 0 saturated heterocycles. The first-order valence-corrected chi connectivity index (χ1v) is 6.65. The standard InChI is InChI=1S/C15H17N3O5/c1-9(19)3-4-10-5-7-11(8-6-10)13(20)17-12(14(21)16-2)15(22)18-23/h5-9,12,19,23H,1-2H3,(H,16,21)(H,17,20)(H,18,22). The molecule has 1 aromatic carbocycles. The molecule has 0 spiro atoms. The number of rotatable bonds is 4. The number of likely N-dealkylation sites (N-methyl/N-ethyl adjacent to an activating group) is 1. The molecule has 3 amide bonds. The second-order valence-corrected chi connectivity index (χ2v) is 4.52. The summed E-state index contributed by atoms with van der Waals surface area (Å²) in [7, 11) is 1.29. The molecule has 0 fully saturated rings. The number of carbonyl (C=O) groups excluding carboxylic acids is 3. The van der Waals surface area contributed by atoms with Crippen LogP contribution < -0.4 is 16.1 Å². The molecule has 2 atom stereocenters. The first-order valence-electron chi connectivity index (χ1n) is 6.65. The molecule has 0 bridgehead atoms. The van der Waals surface area contributed by atoms with Gasteiger partial charge in [-0.25, -0.2) is 5.48 Å². The number of hydroxylamine groups is 1. The van der Waals surface area contributed by atoms with Crippen molar-refractivity contribution in [2.24, 2.45) is 0 Å². The molecular formula is C15H17N3O5. The molecule has 8 nitrogen and oxygen atoms in total. The second kappa shape index (κ2) is 8.53. The second-order valence-electron chi connectivity index (χ2n) is 4.52. The fraction of sp³-hybridized carbons (Fsp3) is 0.267. The lowest BCUT2D eigenvalue weighted by atomic mass is 10.1. The molecule has 1 aromatic rings. The highest BCUT2D eigenvalue weighted by atomic mass is 16.5. The van der Waals surface area contributed by atoms with Gasteiger partial charge < -0.3 is 15.7 Å². The van der Waals surface area contributed by atoms with Gasteiger partial charge in [0, 0.05) is 18.2 Å². The molecule has 0 aliphatic carbocycles. The van der Waals surface area contributed by atoms with Crippen LogP contribution in [0.4, 0.5) is 0 Å². The van der Waals surface area contributed by atoms with Crippen LogP contribution in [0.2, 0.25) is 0 Å². The van der Waals surface area contributed by atoms with E-state index in [-0.39, 0.29) is 5.56 Å². The van der Waals surface area contributed by atoms with E-state index in [9.17, 15) is 14.4 Å². The van der Waals surface area contributed by atoms with Gasteiger partial charge in [-0.3, -0.25) is 19.6 Å². The van der Waals surface area contributed by atoms with Crippen molar-refractivity contribution in [3.05, 3.63) is 35.4 Å². The summed E-state index contributed by atoms with van der Waals surface area (Å²) in [6, 6.07) is 4.47. The number of nitrogens with one attached hydrogen (secondary N) is 3. The van der Waals surface area contributed by atoms with Gasteiger partial charge in [0.05, 0.1) is 0 Å². The van der Waals surface area contributed by atoms with E-state index in [1.165, 1.54) is 31.6 Å². The number of aliphatic hydroxyl groups excluding tert-OH is 1. The van der Waals surface area contributed by atoms with Gasteiger partial charge in [-0.15, -0.1) is 0 Å². The molecular weight excluding hydrogens is 302 g/mol. The number of benzene rings is 1. The maximum absolute atomic E-state index is 12.0. The van der Waals surface area contributed by atoms with Crippen LogP contribution >= 0.6 is 0 Å². The summed E-state index contributed by atoms with van der Waals surface area (Å²) in [5.41, 5.74) is 2.11. The van der Waals surface area contributed by atoms with Crippen LogP contribution in [0.1, 0.15) is 22.8 Å². The summed E-state index contributed by atoms with van der Waals surface area (Å²) in [6.07, 6.45) is -0.761. The molecule has 0 aliphatic heterocycles. The van der Waals surface area contributed by atoms with Gasteiger partial charge in [0.1, 0.15) is 6.10 Å². The summed E-state index contributed by atoms with van der Waals surface area (Å²) in [6.45, 7) is 1.53. The Morgan fingerprint density at radius 3 is 2.22 bits per heavy atom. The van der Waals surface area contributed by atoms with E-state index in [2.05, 4.69) is 22.5 Å². The highest BCUT2D eigenvalue weighted by Crippen LogP contribution is 2.04. The van der Waals surface area contributed by atoms with E-state index in [1.807, 2.05) is 0 Å². The Labute approximate surface area is 132 Å². The van der Waals surface area contributed by atoms with Crippen LogP contribution in [0.15, 0.2) is 24.3 Å². The van der Waals surface area contributed by atoms with Crippen molar-refractivity contribution in [2.75, 3.05) is 7.05 Å². The van der Waals surface area contributed by atoms with Crippen LogP contribution in [0.3, 0.4) is 0 Å². The Bertz CT molecular complexity index is 627. The Morgan fingerprint density at radius 1 is 1.13 bits per heavy atom. The van der Waals surface area contributed by atoms with Crippen molar-refractivity contribution in [3.8, 4) is 11.8 Å². The summed E-state index contributed by atoms with van der Waals surface area (Å²) in [4.78, 5) is 35.0. The molecule has 0 saturated carbocycles. The van der Waals surface area contributed by atoms with Gasteiger partial charge in [-0.2, -0.15) is 0 Å². The number of amides is 3. The molecule has 5 N–H and O–H groups in total. The molecule has 23 heavy (non-hydrogen) atoms. The Kier molecular flexibility index (Phi) is 6.73. The normalized spacial score (nSPS) is 12.2. The monoisotopic (exact) mass is 319 g/mol. The molecule has 1 rings (SSSR count). The maximum atomic E-state index is 12.0. The van der Waals surface area contributed by atoms with E-state index in [0.717, 1.165) is 0 Å². The lowest BCUT2D eigenvalue weighted by Crippen LogP contribution is -2.54. The van der Waals surface area contributed by atoms with E-state index in [1.54, 1.807) is 12.1 Å². The van der Waals surface area contributed by atoms with Crippen LogP contribution in [0.25, 0.3) is 0 Å². The topological polar surface area (TPSA) is 128 Å². The summed E-state index contributed by atoms with van der Waals surface area (Å²) in [5, 5.41) is 22.1. The lowest BCUT2D eigenvalue weighted by molar-refractivity contribution is -0.137. The Balaban J connectivity index is 2.86. The molecule has 0 heterocycles. The number of carbonyl (C=O) groups is 3. The summed E-state index contributed by atoms with van der Waals surface area (Å²) < 4.78 is 0. The predicted molar refractivity (Wildman–Crippen MR) is 80.3 cm³/mol. The summed E-state index contributed by atoms with van der Waals surface area (Å²) >= 11 is 0. The zero-order chi connectivity index (χ0) is 17.4. The van der Waals surface area contributed by atoms with Gasteiger partial charge in [0.2, 0.25) is 0 Å². The van der Waals surface area contributed by atoms with Gasteiger partial charge >= 0.3 is 0 Å². The number of hydrogen-bond donors (Lipinski definition) is 5. The third-order valence-electron chi connectivity index (χ3n) is 2.73. The molecule has 2 unspecified atom stereocenters. The minimum atomic E-state index is -1.56. The third kappa shape index (κ3) is 5.43. The van der Waals surface area contributed by atoms with Gasteiger partial charge in [-0.05, 0) is 31.2 Å². The van der Waals surface area contributed by atoms with Crippen molar-refractivity contribution in [2.45, 2.75) is 19.1 Å². The molecule has 0 aliphatic rings. The van der Waals surface area contributed by atoms with E-state index in [4.69, 9.17) is 10.3 Å². The highest BCUT2D eigenvalue weighted by Gasteiger charge is 2.27. The van der Waals surface area contributed by atoms with Crippen LogP contribution in [-0.4, -0.2) is 47.2 Å². The fourth-order valence-corrected chi connectivity index (χ4v) is 1.57. The van der Waals surface area contributed by atoms with Crippen molar-refractivity contribution < 1.29 is 24.7 Å². The van der Waals surface area contributed by atoms with E-state index in [0.29, 0.717) is 5.56 Å². The SMILES string of the molecule is CNC(=O)C(NC(=O)c1ccc(C#CC(C)O)cc1)C(=O)NO.